The topological polar surface area (TPSA) is 43.9 Å². The Bertz CT molecular complexity index is 1370. The molecule has 0 bridgehead atoms. The highest BCUT2D eigenvalue weighted by Crippen LogP contribution is 2.37. The zero-order valence-electron chi connectivity index (χ0n) is 18.2. The Morgan fingerprint density at radius 1 is 0.969 bits per heavy atom. The molecule has 6 rings (SSSR count). The summed E-state index contributed by atoms with van der Waals surface area (Å²) in [6.07, 6.45) is 3.57. The van der Waals surface area contributed by atoms with Gasteiger partial charge in [-0.2, -0.15) is 0 Å². The van der Waals surface area contributed by atoms with Gasteiger partial charge in [0, 0.05) is 34.6 Å². The average molecular weight is 425 g/mol. The fraction of sp³-hybridized carbons (Fsp3) is 0.250. The van der Waals surface area contributed by atoms with Gasteiger partial charge < -0.3 is 9.15 Å². The second-order valence-corrected chi connectivity index (χ2v) is 8.98. The highest BCUT2D eigenvalue weighted by molar-refractivity contribution is 5.96. The van der Waals surface area contributed by atoms with Crippen molar-refractivity contribution in [2.75, 3.05) is 6.73 Å². The fourth-order valence-electron chi connectivity index (χ4n) is 5.56. The second-order valence-electron chi connectivity index (χ2n) is 8.98. The first-order valence-electron chi connectivity index (χ1n) is 11.4. The minimum absolute atomic E-state index is 0.332. The number of ether oxygens (including phenoxy) is 1. The van der Waals surface area contributed by atoms with Gasteiger partial charge in [0.2, 0.25) is 6.73 Å². The lowest BCUT2D eigenvalue weighted by Crippen LogP contribution is -3.12. The van der Waals surface area contributed by atoms with E-state index in [1.54, 1.807) is 6.07 Å². The third-order valence-corrected chi connectivity index (χ3v) is 7.06. The summed E-state index contributed by atoms with van der Waals surface area (Å²) in [6, 6.07) is 23.1. The van der Waals surface area contributed by atoms with Crippen molar-refractivity contribution in [1.82, 2.24) is 0 Å². The van der Waals surface area contributed by atoms with Crippen LogP contribution in [0.2, 0.25) is 0 Å². The standard InChI is InChI=1S/C28H25NO3/c1-18-27-21(14-24-23(15-26(30)32-28(18)24)20-8-3-2-4-9-20)16-29(17-31-27)25-13-7-11-19-10-5-6-12-22(19)25/h2-6,8-10,12,14-15,25H,7,11,13,16-17H2,1H3/p+1/t25-/m0/s1. The monoisotopic (exact) mass is 424 g/mol. The molecule has 1 aromatic heterocycles. The van der Waals surface area contributed by atoms with Gasteiger partial charge in [-0.05, 0) is 42.5 Å². The van der Waals surface area contributed by atoms with Crippen LogP contribution in [0.3, 0.4) is 0 Å². The molecule has 0 radical (unpaired) electrons. The number of nitrogens with one attached hydrogen (secondary N) is 1. The van der Waals surface area contributed by atoms with Crippen molar-refractivity contribution in [3.63, 3.8) is 0 Å². The molecule has 2 heterocycles. The second kappa shape index (κ2) is 7.64. The fourth-order valence-corrected chi connectivity index (χ4v) is 5.56. The Balaban J connectivity index is 1.46. The van der Waals surface area contributed by atoms with E-state index in [1.807, 2.05) is 37.3 Å². The summed E-state index contributed by atoms with van der Waals surface area (Å²) in [4.78, 5) is 13.8. The van der Waals surface area contributed by atoms with Crippen LogP contribution >= 0.6 is 0 Å². The molecule has 4 heteroatoms. The number of rotatable bonds is 2. The molecule has 1 N–H and O–H groups in total. The van der Waals surface area contributed by atoms with E-state index in [0.29, 0.717) is 18.4 Å². The number of fused-ring (bicyclic) bond motifs is 3. The van der Waals surface area contributed by atoms with Crippen molar-refractivity contribution >= 4 is 11.0 Å². The molecule has 0 spiro atoms. The molecule has 1 aliphatic heterocycles. The third kappa shape index (κ3) is 3.14. The van der Waals surface area contributed by atoms with Gasteiger partial charge in [0.1, 0.15) is 23.9 Å². The average Bonchev–Trinajstić information content (AvgIpc) is 2.84. The number of hydrogen-bond donors (Lipinski definition) is 1. The van der Waals surface area contributed by atoms with Crippen molar-refractivity contribution in [3.8, 4) is 16.9 Å². The zero-order valence-corrected chi connectivity index (χ0v) is 18.2. The summed E-state index contributed by atoms with van der Waals surface area (Å²) in [5.41, 5.74) is 7.27. The predicted octanol–water partition coefficient (Wildman–Crippen LogP) is 4.58. The highest BCUT2D eigenvalue weighted by Gasteiger charge is 2.34. The molecule has 0 saturated carbocycles. The molecule has 1 aliphatic carbocycles. The lowest BCUT2D eigenvalue weighted by molar-refractivity contribution is -0.963. The van der Waals surface area contributed by atoms with Crippen molar-refractivity contribution < 1.29 is 14.1 Å². The van der Waals surface area contributed by atoms with Crippen LogP contribution in [-0.4, -0.2) is 6.73 Å². The first-order chi connectivity index (χ1) is 15.7. The molecular weight excluding hydrogens is 398 g/mol. The lowest BCUT2D eigenvalue weighted by atomic mass is 9.86. The van der Waals surface area contributed by atoms with Crippen molar-refractivity contribution in [2.24, 2.45) is 0 Å². The van der Waals surface area contributed by atoms with E-state index in [9.17, 15) is 4.79 Å². The Hall–Kier alpha value is -3.37. The minimum atomic E-state index is -0.332. The molecule has 2 aliphatic rings. The summed E-state index contributed by atoms with van der Waals surface area (Å²) < 4.78 is 12.0. The Kier molecular flexibility index (Phi) is 4.62. The quantitative estimate of drug-likeness (QED) is 0.479. The van der Waals surface area contributed by atoms with Crippen molar-refractivity contribution in [1.29, 1.82) is 0 Å². The van der Waals surface area contributed by atoms with Crippen molar-refractivity contribution in [2.45, 2.75) is 38.8 Å². The summed E-state index contributed by atoms with van der Waals surface area (Å²) in [5.74, 6) is 0.874. The molecule has 1 unspecified atom stereocenters. The maximum atomic E-state index is 12.4. The maximum Gasteiger partial charge on any atom is 0.336 e. The normalized spacial score (nSPS) is 19.8. The Labute approximate surface area is 187 Å². The number of benzene rings is 3. The smallest absolute Gasteiger partial charge is 0.336 e. The molecule has 4 nitrogen and oxygen atoms in total. The van der Waals surface area contributed by atoms with E-state index < -0.39 is 0 Å². The van der Waals surface area contributed by atoms with Crippen LogP contribution in [0.1, 0.15) is 41.1 Å². The maximum absolute atomic E-state index is 12.4. The molecule has 0 fully saturated rings. The Morgan fingerprint density at radius 3 is 2.66 bits per heavy atom. The van der Waals surface area contributed by atoms with Gasteiger partial charge in [0.05, 0.1) is 0 Å². The molecule has 32 heavy (non-hydrogen) atoms. The van der Waals surface area contributed by atoms with Crippen LogP contribution in [0.25, 0.3) is 22.1 Å². The van der Waals surface area contributed by atoms with Gasteiger partial charge in [-0.1, -0.05) is 54.6 Å². The minimum Gasteiger partial charge on any atom is -0.444 e. The Morgan fingerprint density at radius 2 is 1.78 bits per heavy atom. The molecule has 0 amide bonds. The van der Waals surface area contributed by atoms with Crippen LogP contribution in [0.4, 0.5) is 0 Å². The van der Waals surface area contributed by atoms with Crippen LogP contribution in [0.15, 0.2) is 75.9 Å². The van der Waals surface area contributed by atoms with E-state index in [1.165, 1.54) is 40.9 Å². The van der Waals surface area contributed by atoms with Crippen LogP contribution < -0.4 is 15.3 Å². The molecule has 3 aromatic carbocycles. The third-order valence-electron chi connectivity index (χ3n) is 7.06. The molecule has 160 valence electrons. The lowest BCUT2D eigenvalue weighted by Gasteiger charge is -2.36. The van der Waals surface area contributed by atoms with Gasteiger partial charge >= 0.3 is 5.63 Å². The van der Waals surface area contributed by atoms with Gasteiger partial charge in [0.15, 0.2) is 0 Å². The van der Waals surface area contributed by atoms with E-state index in [-0.39, 0.29) is 5.63 Å². The van der Waals surface area contributed by atoms with E-state index in [2.05, 4.69) is 30.3 Å². The van der Waals surface area contributed by atoms with Gasteiger partial charge in [-0.25, -0.2) is 4.79 Å². The van der Waals surface area contributed by atoms with Crippen molar-refractivity contribution in [3.05, 3.63) is 99.4 Å². The van der Waals surface area contributed by atoms with Gasteiger partial charge in [0.25, 0.3) is 0 Å². The summed E-state index contributed by atoms with van der Waals surface area (Å²) in [5, 5.41) is 0.973. The van der Waals surface area contributed by atoms with Crippen LogP contribution in [0, 0.1) is 6.92 Å². The number of quaternary nitrogens is 1. The van der Waals surface area contributed by atoms with E-state index in [4.69, 9.17) is 9.15 Å². The molecule has 4 aromatic rings. The first kappa shape index (κ1) is 19.3. The van der Waals surface area contributed by atoms with Crippen LogP contribution in [-0.2, 0) is 13.0 Å². The molecular formula is C28H26NO3+. The van der Waals surface area contributed by atoms with E-state index in [0.717, 1.165) is 34.4 Å². The summed E-state index contributed by atoms with van der Waals surface area (Å²) >= 11 is 0. The SMILES string of the molecule is Cc1c2c(cc3c(-c4ccccc4)cc(=O)oc13)C[NH+]([C@H]1CCCc3ccccc31)CO2. The molecule has 2 atom stereocenters. The van der Waals surface area contributed by atoms with Crippen LogP contribution in [0.5, 0.6) is 5.75 Å². The van der Waals surface area contributed by atoms with Gasteiger partial charge in [-0.15, -0.1) is 0 Å². The predicted molar refractivity (Wildman–Crippen MR) is 125 cm³/mol. The number of aryl methyl sites for hydroxylation is 2. The van der Waals surface area contributed by atoms with Gasteiger partial charge in [-0.3, -0.25) is 4.90 Å². The highest BCUT2D eigenvalue weighted by atomic mass is 16.5. The summed E-state index contributed by atoms with van der Waals surface area (Å²) in [6.45, 7) is 3.53. The summed E-state index contributed by atoms with van der Waals surface area (Å²) in [7, 11) is 0. The molecule has 0 saturated heterocycles. The first-order valence-corrected chi connectivity index (χ1v) is 11.4. The number of hydrogen-bond acceptors (Lipinski definition) is 3. The van der Waals surface area contributed by atoms with E-state index >= 15 is 0 Å². The zero-order chi connectivity index (χ0) is 21.7. The largest absolute Gasteiger partial charge is 0.444 e.